The molecule has 2 heterocycles. The van der Waals surface area contributed by atoms with Crippen molar-refractivity contribution in [2.24, 2.45) is 0 Å². The standard InChI is InChI=1S/C23H18F3N3O3S/c24-23(25,26)32-16-9-7-15(8-10-16)28-21(30)19(29-22(31)20-6-3-11-33-20)12-14-13-27-18-5-2-1-4-17(14)18/h1-11,13,19,27H,12H2,(H,28,30)(H,29,31)/t19-/m0/s1. The zero-order valence-corrected chi connectivity index (χ0v) is 17.8. The molecule has 170 valence electrons. The van der Waals surface area contributed by atoms with Gasteiger partial charge in [0.1, 0.15) is 11.8 Å². The SMILES string of the molecule is O=C(N[C@@H](Cc1c[nH]c2ccccc12)C(=O)Nc1ccc(OC(F)(F)F)cc1)c1cccs1. The number of aromatic amines is 1. The molecule has 0 unspecified atom stereocenters. The van der Waals surface area contributed by atoms with Crippen molar-refractivity contribution in [3.63, 3.8) is 0 Å². The van der Waals surface area contributed by atoms with Crippen LogP contribution < -0.4 is 15.4 Å². The minimum atomic E-state index is -4.80. The maximum atomic E-state index is 13.0. The van der Waals surface area contributed by atoms with E-state index in [2.05, 4.69) is 20.4 Å². The first-order valence-corrected chi connectivity index (χ1v) is 10.7. The van der Waals surface area contributed by atoms with E-state index in [1.165, 1.54) is 23.5 Å². The van der Waals surface area contributed by atoms with Crippen molar-refractivity contribution >= 4 is 39.7 Å². The lowest BCUT2D eigenvalue weighted by atomic mass is 10.0. The number of thiophene rings is 1. The molecule has 3 N–H and O–H groups in total. The second-order valence-electron chi connectivity index (χ2n) is 7.13. The lowest BCUT2D eigenvalue weighted by molar-refractivity contribution is -0.274. The van der Waals surface area contributed by atoms with Crippen molar-refractivity contribution < 1.29 is 27.5 Å². The molecule has 2 aromatic carbocycles. The fourth-order valence-electron chi connectivity index (χ4n) is 3.34. The van der Waals surface area contributed by atoms with Gasteiger partial charge in [0.25, 0.3) is 5.91 Å². The number of hydrogen-bond donors (Lipinski definition) is 3. The number of para-hydroxylation sites is 1. The molecule has 4 aromatic rings. The number of alkyl halides is 3. The van der Waals surface area contributed by atoms with Gasteiger partial charge in [-0.3, -0.25) is 9.59 Å². The van der Waals surface area contributed by atoms with Gasteiger partial charge in [0.15, 0.2) is 0 Å². The minimum absolute atomic E-state index is 0.211. The second kappa shape index (κ2) is 9.37. The first kappa shape index (κ1) is 22.4. The summed E-state index contributed by atoms with van der Waals surface area (Å²) in [5.74, 6) is -1.30. The van der Waals surface area contributed by atoms with E-state index in [1.54, 1.807) is 23.7 Å². The molecule has 2 amide bonds. The Morgan fingerprint density at radius 1 is 1.03 bits per heavy atom. The summed E-state index contributed by atoms with van der Waals surface area (Å²) in [6, 6.07) is 14.8. The van der Waals surface area contributed by atoms with E-state index in [-0.39, 0.29) is 18.0 Å². The van der Waals surface area contributed by atoms with Crippen molar-refractivity contribution in [1.82, 2.24) is 10.3 Å². The number of amides is 2. The molecule has 2 aromatic heterocycles. The summed E-state index contributed by atoms with van der Waals surface area (Å²) in [5.41, 5.74) is 2.01. The van der Waals surface area contributed by atoms with Gasteiger partial charge in [-0.25, -0.2) is 0 Å². The number of halogens is 3. The molecular weight excluding hydrogens is 455 g/mol. The predicted molar refractivity (Wildman–Crippen MR) is 119 cm³/mol. The van der Waals surface area contributed by atoms with Gasteiger partial charge in [0.2, 0.25) is 5.91 Å². The number of H-pyrrole nitrogens is 1. The van der Waals surface area contributed by atoms with Crippen LogP contribution in [-0.2, 0) is 11.2 Å². The molecule has 0 aliphatic heterocycles. The topological polar surface area (TPSA) is 83.2 Å². The second-order valence-corrected chi connectivity index (χ2v) is 8.08. The van der Waals surface area contributed by atoms with Gasteiger partial charge in [-0.15, -0.1) is 24.5 Å². The van der Waals surface area contributed by atoms with Crippen LogP contribution in [0.1, 0.15) is 15.2 Å². The number of hydrogen-bond acceptors (Lipinski definition) is 4. The Balaban J connectivity index is 1.53. The summed E-state index contributed by atoms with van der Waals surface area (Å²) in [5, 5.41) is 8.09. The molecular formula is C23H18F3N3O3S. The van der Waals surface area contributed by atoms with Gasteiger partial charge in [-0.1, -0.05) is 24.3 Å². The van der Waals surface area contributed by atoms with Crippen LogP contribution in [0.5, 0.6) is 5.75 Å². The Bertz CT molecular complexity index is 1250. The Morgan fingerprint density at radius 2 is 1.79 bits per heavy atom. The highest BCUT2D eigenvalue weighted by Gasteiger charge is 2.31. The third-order valence-corrected chi connectivity index (χ3v) is 5.69. The Hall–Kier alpha value is -3.79. The molecule has 0 saturated heterocycles. The number of fused-ring (bicyclic) bond motifs is 1. The summed E-state index contributed by atoms with van der Waals surface area (Å²) in [4.78, 5) is 29.3. The van der Waals surface area contributed by atoms with Crippen molar-refractivity contribution in [2.75, 3.05) is 5.32 Å². The Morgan fingerprint density at radius 3 is 2.48 bits per heavy atom. The van der Waals surface area contributed by atoms with E-state index in [0.717, 1.165) is 28.6 Å². The molecule has 0 radical (unpaired) electrons. The van der Waals surface area contributed by atoms with Crippen molar-refractivity contribution in [3.05, 3.63) is 82.7 Å². The molecule has 10 heteroatoms. The fourth-order valence-corrected chi connectivity index (χ4v) is 3.96. The summed E-state index contributed by atoms with van der Waals surface area (Å²) in [6.07, 6.45) is -2.81. The molecule has 0 aliphatic carbocycles. The number of rotatable bonds is 7. The van der Waals surface area contributed by atoms with E-state index in [4.69, 9.17) is 0 Å². The van der Waals surface area contributed by atoms with Gasteiger partial charge < -0.3 is 20.4 Å². The minimum Gasteiger partial charge on any atom is -0.406 e. The summed E-state index contributed by atoms with van der Waals surface area (Å²) < 4.78 is 40.9. The first-order chi connectivity index (χ1) is 15.8. The molecule has 4 rings (SSSR count). The number of ether oxygens (including phenoxy) is 1. The van der Waals surface area contributed by atoms with E-state index < -0.39 is 24.1 Å². The third kappa shape index (κ3) is 5.72. The first-order valence-electron chi connectivity index (χ1n) is 9.84. The Kier molecular flexibility index (Phi) is 6.36. The van der Waals surface area contributed by atoms with Gasteiger partial charge >= 0.3 is 6.36 Å². The van der Waals surface area contributed by atoms with Gasteiger partial charge in [-0.05, 0) is 47.3 Å². The lowest BCUT2D eigenvalue weighted by Crippen LogP contribution is -2.45. The molecule has 0 aliphatic rings. The zero-order chi connectivity index (χ0) is 23.4. The van der Waals surface area contributed by atoms with E-state index in [0.29, 0.717) is 4.88 Å². The average molecular weight is 473 g/mol. The van der Waals surface area contributed by atoms with E-state index in [9.17, 15) is 22.8 Å². The Labute approximate surface area is 190 Å². The predicted octanol–water partition coefficient (Wildman–Crippen LogP) is 5.11. The maximum absolute atomic E-state index is 13.0. The van der Waals surface area contributed by atoms with Gasteiger partial charge in [0.05, 0.1) is 4.88 Å². The molecule has 0 bridgehead atoms. The molecule has 0 fully saturated rings. The highest BCUT2D eigenvalue weighted by Crippen LogP contribution is 2.24. The average Bonchev–Trinajstić information content (AvgIpc) is 3.44. The quantitative estimate of drug-likeness (QED) is 0.349. The van der Waals surface area contributed by atoms with Crippen LogP contribution in [-0.4, -0.2) is 29.2 Å². The van der Waals surface area contributed by atoms with Crippen LogP contribution in [0.4, 0.5) is 18.9 Å². The maximum Gasteiger partial charge on any atom is 0.573 e. The molecule has 1 atom stereocenters. The number of carbonyl (C=O) groups is 2. The van der Waals surface area contributed by atoms with Crippen LogP contribution in [0.3, 0.4) is 0 Å². The lowest BCUT2D eigenvalue weighted by Gasteiger charge is -2.18. The highest BCUT2D eigenvalue weighted by molar-refractivity contribution is 7.12. The number of nitrogens with one attached hydrogen (secondary N) is 3. The molecule has 0 saturated carbocycles. The molecule has 33 heavy (non-hydrogen) atoms. The number of anilines is 1. The smallest absolute Gasteiger partial charge is 0.406 e. The van der Waals surface area contributed by atoms with Crippen molar-refractivity contribution in [1.29, 1.82) is 0 Å². The van der Waals surface area contributed by atoms with Crippen molar-refractivity contribution in [3.8, 4) is 5.75 Å². The van der Waals surface area contributed by atoms with E-state index >= 15 is 0 Å². The van der Waals surface area contributed by atoms with E-state index in [1.807, 2.05) is 24.3 Å². The highest BCUT2D eigenvalue weighted by atomic mass is 32.1. The summed E-state index contributed by atoms with van der Waals surface area (Å²) in [7, 11) is 0. The van der Waals surface area contributed by atoms with Crippen LogP contribution in [0, 0.1) is 0 Å². The molecule has 6 nitrogen and oxygen atoms in total. The van der Waals surface area contributed by atoms with Crippen molar-refractivity contribution in [2.45, 2.75) is 18.8 Å². The van der Waals surface area contributed by atoms with Gasteiger partial charge in [0, 0.05) is 29.2 Å². The summed E-state index contributed by atoms with van der Waals surface area (Å²) >= 11 is 1.25. The monoisotopic (exact) mass is 473 g/mol. The largest absolute Gasteiger partial charge is 0.573 e. The fraction of sp³-hybridized carbons (Fsp3) is 0.130. The summed E-state index contributed by atoms with van der Waals surface area (Å²) in [6.45, 7) is 0. The third-order valence-electron chi connectivity index (χ3n) is 4.82. The van der Waals surface area contributed by atoms with Gasteiger partial charge in [-0.2, -0.15) is 0 Å². The number of aromatic nitrogens is 1. The molecule has 0 spiro atoms. The van der Waals surface area contributed by atoms with Crippen LogP contribution in [0.15, 0.2) is 72.2 Å². The number of benzene rings is 2. The zero-order valence-electron chi connectivity index (χ0n) is 17.0. The number of carbonyl (C=O) groups excluding carboxylic acids is 2. The van der Waals surface area contributed by atoms with Crippen LogP contribution in [0.25, 0.3) is 10.9 Å². The van der Waals surface area contributed by atoms with Crippen LogP contribution >= 0.6 is 11.3 Å². The normalized spacial score (nSPS) is 12.3. The van der Waals surface area contributed by atoms with Crippen LogP contribution in [0.2, 0.25) is 0 Å².